The minimum atomic E-state index is -2.14. The standard InChI is InChI=1S/C32H28P/c1-25-15-14-23-30(26(25)2)31-22-12-13-24-32(31)33(27-16-6-3-7-17-27,28-18-8-4-9-19-28)29-20-10-5-11-21-29/h3-24H,1-2H3/q+1. The Morgan fingerprint density at radius 1 is 0.394 bits per heavy atom. The number of hydrogen-bond donors (Lipinski definition) is 0. The highest BCUT2D eigenvalue weighted by Gasteiger charge is 2.49. The molecule has 0 spiro atoms. The van der Waals surface area contributed by atoms with Crippen molar-refractivity contribution in [3.63, 3.8) is 0 Å². The van der Waals surface area contributed by atoms with E-state index in [2.05, 4.69) is 147 Å². The van der Waals surface area contributed by atoms with Crippen molar-refractivity contribution >= 4 is 28.5 Å². The average molecular weight is 444 g/mol. The molecule has 0 saturated carbocycles. The molecule has 0 aromatic heterocycles. The van der Waals surface area contributed by atoms with Gasteiger partial charge in [0, 0.05) is 5.56 Å². The lowest BCUT2D eigenvalue weighted by molar-refractivity contribution is 1.34. The molecule has 0 atom stereocenters. The van der Waals surface area contributed by atoms with Crippen molar-refractivity contribution in [2.45, 2.75) is 13.8 Å². The monoisotopic (exact) mass is 443 g/mol. The molecule has 0 amide bonds. The van der Waals surface area contributed by atoms with Crippen LogP contribution in [0.25, 0.3) is 11.1 Å². The lowest BCUT2D eigenvalue weighted by atomic mass is 9.97. The first kappa shape index (κ1) is 21.4. The second-order valence-electron chi connectivity index (χ2n) is 8.44. The summed E-state index contributed by atoms with van der Waals surface area (Å²) < 4.78 is 0. The van der Waals surface area contributed by atoms with E-state index in [1.807, 2.05) is 0 Å². The first-order valence-corrected chi connectivity index (χ1v) is 13.2. The molecule has 5 rings (SSSR count). The highest BCUT2D eigenvalue weighted by molar-refractivity contribution is 8.01. The molecule has 0 N–H and O–H groups in total. The van der Waals surface area contributed by atoms with Crippen LogP contribution < -0.4 is 21.2 Å². The van der Waals surface area contributed by atoms with Crippen molar-refractivity contribution in [3.8, 4) is 11.1 Å². The Morgan fingerprint density at radius 2 is 0.818 bits per heavy atom. The molecule has 0 bridgehead atoms. The highest BCUT2D eigenvalue weighted by Crippen LogP contribution is 2.56. The fraction of sp³-hybridized carbons (Fsp3) is 0.0625. The van der Waals surface area contributed by atoms with Crippen molar-refractivity contribution in [2.24, 2.45) is 0 Å². The van der Waals surface area contributed by atoms with Crippen LogP contribution in [0.4, 0.5) is 0 Å². The topological polar surface area (TPSA) is 0 Å². The van der Waals surface area contributed by atoms with Crippen molar-refractivity contribution in [1.29, 1.82) is 0 Å². The maximum Gasteiger partial charge on any atom is 0.144 e. The molecule has 0 aliphatic heterocycles. The van der Waals surface area contributed by atoms with Crippen molar-refractivity contribution in [1.82, 2.24) is 0 Å². The van der Waals surface area contributed by atoms with E-state index < -0.39 is 7.26 Å². The maximum atomic E-state index is 2.36. The molecule has 0 saturated heterocycles. The summed E-state index contributed by atoms with van der Waals surface area (Å²) >= 11 is 0. The molecule has 5 aromatic carbocycles. The zero-order chi connectivity index (χ0) is 22.7. The molecule has 5 aromatic rings. The van der Waals surface area contributed by atoms with E-state index in [1.54, 1.807) is 0 Å². The number of hydrogen-bond acceptors (Lipinski definition) is 0. The second kappa shape index (κ2) is 9.18. The van der Waals surface area contributed by atoms with Crippen LogP contribution in [0.2, 0.25) is 0 Å². The van der Waals surface area contributed by atoms with Gasteiger partial charge in [0.2, 0.25) is 0 Å². The zero-order valence-corrected chi connectivity index (χ0v) is 20.0. The van der Waals surface area contributed by atoms with Crippen LogP contribution in [0.5, 0.6) is 0 Å². The largest absolute Gasteiger partial charge is 0.144 e. The summed E-state index contributed by atoms with van der Waals surface area (Å²) in [5.41, 5.74) is 5.31. The van der Waals surface area contributed by atoms with Gasteiger partial charge in [-0.3, -0.25) is 0 Å². The minimum absolute atomic E-state index is 1.32. The second-order valence-corrected chi connectivity index (χ2v) is 11.8. The van der Waals surface area contributed by atoms with Gasteiger partial charge in [-0.05, 0) is 73.0 Å². The van der Waals surface area contributed by atoms with Gasteiger partial charge in [0.25, 0.3) is 0 Å². The van der Waals surface area contributed by atoms with E-state index in [-0.39, 0.29) is 0 Å². The van der Waals surface area contributed by atoms with Gasteiger partial charge >= 0.3 is 0 Å². The summed E-state index contributed by atoms with van der Waals surface area (Å²) in [6.45, 7) is 4.45. The molecule has 0 radical (unpaired) electrons. The summed E-state index contributed by atoms with van der Waals surface area (Å²) in [4.78, 5) is 0. The predicted octanol–water partition coefficient (Wildman–Crippen LogP) is 6.59. The van der Waals surface area contributed by atoms with Crippen LogP contribution in [0.15, 0.2) is 133 Å². The lowest BCUT2D eigenvalue weighted by Crippen LogP contribution is -2.39. The van der Waals surface area contributed by atoms with E-state index in [0.717, 1.165) is 0 Å². The van der Waals surface area contributed by atoms with Crippen LogP contribution in [0.1, 0.15) is 11.1 Å². The molecule has 0 heterocycles. The zero-order valence-electron chi connectivity index (χ0n) is 19.1. The van der Waals surface area contributed by atoms with E-state index in [1.165, 1.54) is 43.5 Å². The highest BCUT2D eigenvalue weighted by atomic mass is 31.2. The molecular weight excluding hydrogens is 415 g/mol. The van der Waals surface area contributed by atoms with Gasteiger partial charge in [-0.15, -0.1) is 0 Å². The Balaban J connectivity index is 1.95. The third kappa shape index (κ3) is 3.71. The molecule has 0 nitrogen and oxygen atoms in total. The lowest BCUT2D eigenvalue weighted by Gasteiger charge is -2.29. The molecule has 0 aliphatic rings. The van der Waals surface area contributed by atoms with Crippen molar-refractivity contribution in [3.05, 3.63) is 145 Å². The van der Waals surface area contributed by atoms with Gasteiger partial charge in [-0.1, -0.05) is 91.0 Å². The van der Waals surface area contributed by atoms with Crippen LogP contribution in [-0.4, -0.2) is 0 Å². The smallest absolute Gasteiger partial charge is 0.0620 e. The molecule has 0 aliphatic carbocycles. The van der Waals surface area contributed by atoms with Gasteiger partial charge in [0.15, 0.2) is 0 Å². The summed E-state index contributed by atoms with van der Waals surface area (Å²) in [5, 5.41) is 5.53. The van der Waals surface area contributed by atoms with Gasteiger partial charge in [0.1, 0.15) is 28.5 Å². The Morgan fingerprint density at radius 3 is 1.33 bits per heavy atom. The average Bonchev–Trinajstić information content (AvgIpc) is 2.89. The third-order valence-corrected chi connectivity index (χ3v) is 10.9. The third-order valence-electron chi connectivity index (χ3n) is 6.59. The van der Waals surface area contributed by atoms with Gasteiger partial charge in [-0.25, -0.2) is 0 Å². The predicted molar refractivity (Wildman–Crippen MR) is 146 cm³/mol. The molecule has 1 heteroatoms. The number of aryl methyl sites for hydroxylation is 1. The Hall–Kier alpha value is -3.47. The Labute approximate surface area is 197 Å². The SMILES string of the molecule is Cc1cccc(-c2ccccc2[P+](c2ccccc2)(c2ccccc2)c2ccccc2)c1C. The minimum Gasteiger partial charge on any atom is -0.0620 e. The van der Waals surface area contributed by atoms with E-state index >= 15 is 0 Å². The molecular formula is C32H28P+. The van der Waals surface area contributed by atoms with E-state index in [9.17, 15) is 0 Å². The summed E-state index contributed by atoms with van der Waals surface area (Å²) in [6, 6.07) is 49.0. The number of benzene rings is 5. The molecule has 160 valence electrons. The van der Waals surface area contributed by atoms with Crippen LogP contribution in [0.3, 0.4) is 0 Å². The van der Waals surface area contributed by atoms with Gasteiger partial charge in [-0.2, -0.15) is 0 Å². The van der Waals surface area contributed by atoms with E-state index in [4.69, 9.17) is 0 Å². The Bertz CT molecular complexity index is 1260. The van der Waals surface area contributed by atoms with Crippen LogP contribution in [0, 0.1) is 13.8 Å². The quantitative estimate of drug-likeness (QED) is 0.269. The number of rotatable bonds is 5. The molecule has 0 fully saturated rings. The first-order valence-electron chi connectivity index (χ1n) is 11.4. The van der Waals surface area contributed by atoms with Crippen LogP contribution in [-0.2, 0) is 0 Å². The molecule has 33 heavy (non-hydrogen) atoms. The van der Waals surface area contributed by atoms with Crippen molar-refractivity contribution < 1.29 is 0 Å². The fourth-order valence-corrected chi connectivity index (χ4v) is 9.31. The summed E-state index contributed by atoms with van der Waals surface area (Å²) in [5.74, 6) is 0. The summed E-state index contributed by atoms with van der Waals surface area (Å²) in [6.07, 6.45) is 0. The van der Waals surface area contributed by atoms with E-state index in [0.29, 0.717) is 0 Å². The first-order chi connectivity index (χ1) is 16.2. The van der Waals surface area contributed by atoms with Gasteiger partial charge in [0.05, 0.1) is 0 Å². The van der Waals surface area contributed by atoms with Crippen molar-refractivity contribution in [2.75, 3.05) is 0 Å². The molecule has 0 unspecified atom stereocenters. The normalized spacial score (nSPS) is 11.3. The Kier molecular flexibility index (Phi) is 5.95. The fourth-order valence-electron chi connectivity index (χ4n) is 4.86. The van der Waals surface area contributed by atoms with Crippen LogP contribution >= 0.6 is 7.26 Å². The maximum absolute atomic E-state index is 2.36. The summed E-state index contributed by atoms with van der Waals surface area (Å²) in [7, 11) is -2.14. The van der Waals surface area contributed by atoms with Gasteiger partial charge < -0.3 is 0 Å².